The van der Waals surface area contributed by atoms with E-state index in [-0.39, 0.29) is 11.0 Å². The maximum atomic E-state index is 11.8. The third kappa shape index (κ3) is 4.69. The molecular weight excluding hydrogens is 268 g/mol. The van der Waals surface area contributed by atoms with E-state index in [1.54, 1.807) is 13.8 Å². The van der Waals surface area contributed by atoms with Gasteiger partial charge in [-0.3, -0.25) is 4.79 Å². The number of hydrogen-bond donors (Lipinski definition) is 1. The van der Waals surface area contributed by atoms with E-state index in [1.165, 1.54) is 24.3 Å². The number of hydrogen-bond acceptors (Lipinski definition) is 5. The molecule has 0 unspecified atom stereocenters. The summed E-state index contributed by atoms with van der Waals surface area (Å²) in [5.41, 5.74) is 0.359. The van der Waals surface area contributed by atoms with Crippen LogP contribution in [0.15, 0.2) is 29.2 Å². The number of rotatable bonds is 5. The Hall–Kier alpha value is -1.91. The van der Waals surface area contributed by atoms with Gasteiger partial charge in [-0.2, -0.15) is 9.98 Å². The Bertz CT molecular complexity index is 585. The molecule has 0 saturated carbocycles. The Morgan fingerprint density at radius 3 is 2.42 bits per heavy atom. The smallest absolute Gasteiger partial charge is 0.321 e. The molecule has 0 saturated heterocycles. The van der Waals surface area contributed by atoms with Crippen molar-refractivity contribution in [3.05, 3.63) is 29.8 Å². The van der Waals surface area contributed by atoms with Crippen molar-refractivity contribution in [3.8, 4) is 6.07 Å². The van der Waals surface area contributed by atoms with Gasteiger partial charge in [0.1, 0.15) is 6.54 Å². The molecule has 0 aliphatic carbocycles. The fourth-order valence-corrected chi connectivity index (χ4v) is 2.22. The minimum Gasteiger partial charge on any atom is -0.462 e. The van der Waals surface area contributed by atoms with Crippen LogP contribution >= 0.6 is 0 Å². The lowest BCUT2D eigenvalue weighted by Gasteiger charge is -2.09. The highest BCUT2D eigenvalue weighted by molar-refractivity contribution is 7.89. The van der Waals surface area contributed by atoms with Crippen LogP contribution in [-0.4, -0.2) is 27.0 Å². The molecule has 7 heteroatoms. The van der Waals surface area contributed by atoms with Crippen molar-refractivity contribution >= 4 is 16.0 Å². The highest BCUT2D eigenvalue weighted by Crippen LogP contribution is 2.09. The molecule has 0 heterocycles. The van der Waals surface area contributed by atoms with Crippen LogP contribution in [0.1, 0.15) is 19.4 Å². The summed E-state index contributed by atoms with van der Waals surface area (Å²) in [6, 6.07) is 7.27. The number of carbonyl (C=O) groups excluding carboxylic acids is 1. The molecule has 0 spiro atoms. The predicted molar refractivity (Wildman–Crippen MR) is 67.6 cm³/mol. The van der Waals surface area contributed by atoms with E-state index in [0.717, 1.165) is 0 Å². The zero-order valence-corrected chi connectivity index (χ0v) is 11.4. The lowest BCUT2D eigenvalue weighted by molar-refractivity contribution is -0.145. The molecule has 1 N–H and O–H groups in total. The molecular formula is C12H14N2O4S. The Labute approximate surface area is 112 Å². The summed E-state index contributed by atoms with van der Waals surface area (Å²) in [6.07, 6.45) is -0.299. The first-order valence-corrected chi connectivity index (χ1v) is 7.03. The average molecular weight is 282 g/mol. The van der Waals surface area contributed by atoms with Crippen molar-refractivity contribution in [1.82, 2.24) is 4.72 Å². The first kappa shape index (κ1) is 15.1. The molecule has 0 radical (unpaired) electrons. The number of benzene rings is 1. The molecule has 1 rings (SSSR count). The van der Waals surface area contributed by atoms with Gasteiger partial charge in [0.2, 0.25) is 10.0 Å². The fraction of sp³-hybridized carbons (Fsp3) is 0.333. The van der Waals surface area contributed by atoms with Crippen LogP contribution in [0.25, 0.3) is 0 Å². The normalized spacial score (nSPS) is 11.1. The van der Waals surface area contributed by atoms with Gasteiger partial charge in [-0.15, -0.1) is 0 Å². The number of sulfonamides is 1. The highest BCUT2D eigenvalue weighted by atomic mass is 32.2. The number of ether oxygens (including phenoxy) is 1. The zero-order valence-electron chi connectivity index (χ0n) is 10.6. The monoisotopic (exact) mass is 282 g/mol. The Kier molecular flexibility index (Phi) is 5.03. The largest absolute Gasteiger partial charge is 0.462 e. The van der Waals surface area contributed by atoms with Crippen molar-refractivity contribution in [2.24, 2.45) is 0 Å². The summed E-state index contributed by atoms with van der Waals surface area (Å²) >= 11 is 0. The highest BCUT2D eigenvalue weighted by Gasteiger charge is 2.16. The van der Waals surface area contributed by atoms with E-state index >= 15 is 0 Å². The Balaban J connectivity index is 2.71. The third-order valence-electron chi connectivity index (χ3n) is 2.07. The summed E-state index contributed by atoms with van der Waals surface area (Å²) in [6.45, 7) is 2.92. The van der Waals surface area contributed by atoms with Gasteiger partial charge in [-0.25, -0.2) is 8.42 Å². The minimum absolute atomic E-state index is 0.0103. The lowest BCUT2D eigenvalue weighted by atomic mass is 10.2. The minimum atomic E-state index is -3.78. The van der Waals surface area contributed by atoms with Gasteiger partial charge in [0.05, 0.1) is 22.6 Å². The molecule has 0 fully saturated rings. The first-order chi connectivity index (χ1) is 8.85. The number of esters is 1. The van der Waals surface area contributed by atoms with Crippen molar-refractivity contribution in [1.29, 1.82) is 5.26 Å². The van der Waals surface area contributed by atoms with Gasteiger partial charge in [0.25, 0.3) is 0 Å². The second-order valence-electron chi connectivity index (χ2n) is 4.00. The summed E-state index contributed by atoms with van der Waals surface area (Å²) in [5.74, 6) is -0.646. The summed E-state index contributed by atoms with van der Waals surface area (Å²) < 4.78 is 30.6. The van der Waals surface area contributed by atoms with Crippen molar-refractivity contribution in [2.45, 2.75) is 24.8 Å². The predicted octanol–water partition coefficient (Wildman–Crippen LogP) is 0.788. The fourth-order valence-electron chi connectivity index (χ4n) is 1.25. The van der Waals surface area contributed by atoms with Crippen LogP contribution in [0.4, 0.5) is 0 Å². The molecule has 0 atom stereocenters. The SMILES string of the molecule is CC(C)OC(=O)CNS(=O)(=O)c1ccc(C#N)cc1. The van der Waals surface area contributed by atoms with E-state index in [2.05, 4.69) is 4.72 Å². The van der Waals surface area contributed by atoms with Gasteiger partial charge in [0, 0.05) is 0 Å². The maximum absolute atomic E-state index is 11.8. The number of nitriles is 1. The van der Waals surface area contributed by atoms with E-state index < -0.39 is 22.5 Å². The molecule has 0 aliphatic heterocycles. The van der Waals surface area contributed by atoms with Crippen LogP contribution < -0.4 is 4.72 Å². The lowest BCUT2D eigenvalue weighted by Crippen LogP contribution is -2.31. The summed E-state index contributed by atoms with van der Waals surface area (Å²) in [4.78, 5) is 11.2. The topological polar surface area (TPSA) is 96.3 Å². The Morgan fingerprint density at radius 2 is 1.95 bits per heavy atom. The van der Waals surface area contributed by atoms with E-state index in [9.17, 15) is 13.2 Å². The van der Waals surface area contributed by atoms with Crippen LogP contribution in [0.3, 0.4) is 0 Å². The number of carbonyl (C=O) groups is 1. The molecule has 0 bridgehead atoms. The van der Waals surface area contributed by atoms with Crippen LogP contribution in [-0.2, 0) is 19.6 Å². The molecule has 0 amide bonds. The van der Waals surface area contributed by atoms with Crippen molar-refractivity contribution < 1.29 is 17.9 Å². The van der Waals surface area contributed by atoms with Gasteiger partial charge >= 0.3 is 5.97 Å². The molecule has 1 aromatic carbocycles. The van der Waals surface area contributed by atoms with E-state index in [0.29, 0.717) is 5.56 Å². The van der Waals surface area contributed by atoms with Crippen LogP contribution in [0.2, 0.25) is 0 Å². The standard InChI is InChI=1S/C12H14N2O4S/c1-9(2)18-12(15)8-14-19(16,17)11-5-3-10(7-13)4-6-11/h3-6,9,14H,8H2,1-2H3. The summed E-state index contributed by atoms with van der Waals surface area (Å²) in [7, 11) is -3.78. The number of nitrogens with zero attached hydrogens (tertiary/aromatic N) is 1. The molecule has 0 aliphatic rings. The van der Waals surface area contributed by atoms with Crippen LogP contribution in [0.5, 0.6) is 0 Å². The molecule has 0 aromatic heterocycles. The van der Waals surface area contributed by atoms with Crippen LogP contribution in [0, 0.1) is 11.3 Å². The zero-order chi connectivity index (χ0) is 14.5. The maximum Gasteiger partial charge on any atom is 0.321 e. The molecule has 102 valence electrons. The second kappa shape index (κ2) is 6.31. The molecule has 19 heavy (non-hydrogen) atoms. The first-order valence-electron chi connectivity index (χ1n) is 5.54. The summed E-state index contributed by atoms with van der Waals surface area (Å²) in [5, 5.41) is 8.62. The van der Waals surface area contributed by atoms with Crippen molar-refractivity contribution in [2.75, 3.05) is 6.54 Å². The van der Waals surface area contributed by atoms with E-state index in [1.807, 2.05) is 6.07 Å². The van der Waals surface area contributed by atoms with Gasteiger partial charge in [-0.1, -0.05) is 0 Å². The van der Waals surface area contributed by atoms with E-state index in [4.69, 9.17) is 10.00 Å². The number of nitrogens with one attached hydrogen (secondary N) is 1. The Morgan fingerprint density at radius 1 is 1.37 bits per heavy atom. The molecule has 6 nitrogen and oxygen atoms in total. The van der Waals surface area contributed by atoms with Gasteiger partial charge in [0.15, 0.2) is 0 Å². The average Bonchev–Trinajstić information content (AvgIpc) is 2.36. The molecule has 1 aromatic rings. The quantitative estimate of drug-likeness (QED) is 0.805. The second-order valence-corrected chi connectivity index (χ2v) is 5.77. The van der Waals surface area contributed by atoms with Gasteiger partial charge in [-0.05, 0) is 38.1 Å². The third-order valence-corrected chi connectivity index (χ3v) is 3.48. The van der Waals surface area contributed by atoms with Crippen molar-refractivity contribution in [3.63, 3.8) is 0 Å². The van der Waals surface area contributed by atoms with Gasteiger partial charge < -0.3 is 4.74 Å².